The molecule has 0 amide bonds. The molecular weight excluding hydrogens is 231 g/mol. The van der Waals surface area contributed by atoms with E-state index in [1.165, 1.54) is 6.20 Å². The van der Waals surface area contributed by atoms with Crippen LogP contribution in [0.3, 0.4) is 0 Å². The van der Waals surface area contributed by atoms with Gasteiger partial charge >= 0.3 is 0 Å². The fourth-order valence-corrected chi connectivity index (χ4v) is 2.23. The summed E-state index contributed by atoms with van der Waals surface area (Å²) in [6.07, 6.45) is 2.74. The van der Waals surface area contributed by atoms with Gasteiger partial charge < -0.3 is 10.1 Å². The Hall–Kier alpha value is -1.00. The summed E-state index contributed by atoms with van der Waals surface area (Å²) < 4.78 is 19.5. The van der Waals surface area contributed by atoms with E-state index in [2.05, 4.69) is 31.1 Å². The first-order valence-corrected chi connectivity index (χ1v) is 6.27. The first-order chi connectivity index (χ1) is 8.41. The Labute approximate surface area is 109 Å². The Morgan fingerprint density at radius 2 is 2.11 bits per heavy atom. The Morgan fingerprint density at radius 3 is 2.56 bits per heavy atom. The quantitative estimate of drug-likeness (QED) is 0.877. The standard InChI is InChI=1S/C14H23FN2O/c1-6-17-12(13(18-5)14(2,3)4)10-7-8-16-9-11(10)15/h7-9,12-13,17H,6H2,1-5H3. The summed E-state index contributed by atoms with van der Waals surface area (Å²) in [5.74, 6) is -0.297. The normalized spacial score (nSPS) is 15.4. The maximum Gasteiger partial charge on any atom is 0.146 e. The van der Waals surface area contributed by atoms with Crippen molar-refractivity contribution in [3.8, 4) is 0 Å². The van der Waals surface area contributed by atoms with Gasteiger partial charge in [0.1, 0.15) is 5.82 Å². The van der Waals surface area contributed by atoms with Crippen LogP contribution in [0.15, 0.2) is 18.5 Å². The third kappa shape index (κ3) is 3.50. The molecule has 3 nitrogen and oxygen atoms in total. The van der Waals surface area contributed by atoms with Crippen LogP contribution in [0.1, 0.15) is 39.3 Å². The van der Waals surface area contributed by atoms with Crippen molar-refractivity contribution in [1.29, 1.82) is 0 Å². The third-order valence-corrected chi connectivity index (χ3v) is 2.97. The second-order valence-corrected chi connectivity index (χ2v) is 5.45. The van der Waals surface area contributed by atoms with Crippen LogP contribution in [-0.2, 0) is 4.74 Å². The highest BCUT2D eigenvalue weighted by molar-refractivity contribution is 5.19. The molecule has 0 aromatic carbocycles. The van der Waals surface area contributed by atoms with Gasteiger partial charge in [-0.2, -0.15) is 0 Å². The zero-order chi connectivity index (χ0) is 13.8. The highest BCUT2D eigenvalue weighted by Crippen LogP contribution is 2.33. The first kappa shape index (κ1) is 15.1. The molecule has 0 saturated heterocycles. The number of nitrogens with zero attached hydrogens (tertiary/aromatic N) is 1. The lowest BCUT2D eigenvalue weighted by Crippen LogP contribution is -2.41. The number of ether oxygens (including phenoxy) is 1. The van der Waals surface area contributed by atoms with Gasteiger partial charge in [-0.1, -0.05) is 27.7 Å². The van der Waals surface area contributed by atoms with Crippen LogP contribution in [0.2, 0.25) is 0 Å². The monoisotopic (exact) mass is 254 g/mol. The van der Waals surface area contributed by atoms with E-state index in [1.54, 1.807) is 19.4 Å². The summed E-state index contributed by atoms with van der Waals surface area (Å²) in [5, 5.41) is 3.30. The van der Waals surface area contributed by atoms with Crippen LogP contribution in [0, 0.1) is 11.2 Å². The van der Waals surface area contributed by atoms with E-state index in [4.69, 9.17) is 4.74 Å². The molecule has 1 N–H and O–H groups in total. The molecule has 0 aliphatic heterocycles. The lowest BCUT2D eigenvalue weighted by atomic mass is 9.82. The molecule has 0 aliphatic carbocycles. The largest absolute Gasteiger partial charge is 0.379 e. The number of nitrogens with one attached hydrogen (secondary N) is 1. The van der Waals surface area contributed by atoms with Gasteiger partial charge in [-0.25, -0.2) is 4.39 Å². The fourth-order valence-electron chi connectivity index (χ4n) is 2.23. The maximum absolute atomic E-state index is 13.9. The maximum atomic E-state index is 13.9. The molecule has 2 atom stereocenters. The van der Waals surface area contributed by atoms with Gasteiger partial charge in [-0.05, 0) is 18.0 Å². The van der Waals surface area contributed by atoms with Crippen molar-refractivity contribution >= 4 is 0 Å². The summed E-state index contributed by atoms with van der Waals surface area (Å²) in [6.45, 7) is 9.02. The molecule has 0 saturated carbocycles. The highest BCUT2D eigenvalue weighted by atomic mass is 19.1. The average molecular weight is 254 g/mol. The predicted molar refractivity (Wildman–Crippen MR) is 70.9 cm³/mol. The van der Waals surface area contributed by atoms with E-state index in [1.807, 2.05) is 6.92 Å². The number of pyridine rings is 1. The Morgan fingerprint density at radius 1 is 1.44 bits per heavy atom. The van der Waals surface area contributed by atoms with Gasteiger partial charge in [-0.15, -0.1) is 0 Å². The zero-order valence-corrected chi connectivity index (χ0v) is 11.8. The van der Waals surface area contributed by atoms with Crippen molar-refractivity contribution < 1.29 is 9.13 Å². The topological polar surface area (TPSA) is 34.2 Å². The van der Waals surface area contributed by atoms with Crippen LogP contribution in [0.4, 0.5) is 4.39 Å². The summed E-state index contributed by atoms with van der Waals surface area (Å²) >= 11 is 0. The van der Waals surface area contributed by atoms with Crippen LogP contribution in [0.5, 0.6) is 0 Å². The lowest BCUT2D eigenvalue weighted by molar-refractivity contribution is -0.0124. The molecular formula is C14H23FN2O. The summed E-state index contributed by atoms with van der Waals surface area (Å²) in [6, 6.07) is 1.53. The van der Waals surface area contributed by atoms with Crippen molar-refractivity contribution in [3.05, 3.63) is 29.8 Å². The van der Waals surface area contributed by atoms with Crippen molar-refractivity contribution in [1.82, 2.24) is 10.3 Å². The van der Waals surface area contributed by atoms with Gasteiger partial charge in [0.15, 0.2) is 0 Å². The Balaban J connectivity index is 3.13. The van der Waals surface area contributed by atoms with Crippen LogP contribution in [-0.4, -0.2) is 24.7 Å². The van der Waals surface area contributed by atoms with E-state index < -0.39 is 0 Å². The summed E-state index contributed by atoms with van der Waals surface area (Å²) in [5.41, 5.74) is 0.519. The second-order valence-electron chi connectivity index (χ2n) is 5.45. The van der Waals surface area contributed by atoms with Crippen LogP contribution >= 0.6 is 0 Å². The molecule has 1 aromatic rings. The summed E-state index contributed by atoms with van der Waals surface area (Å²) in [7, 11) is 1.67. The average Bonchev–Trinajstić information content (AvgIpc) is 2.28. The number of halogens is 1. The molecule has 0 radical (unpaired) electrons. The first-order valence-electron chi connectivity index (χ1n) is 6.27. The van der Waals surface area contributed by atoms with Crippen LogP contribution in [0.25, 0.3) is 0 Å². The minimum Gasteiger partial charge on any atom is -0.379 e. The Bertz CT molecular complexity index is 376. The number of aromatic nitrogens is 1. The van der Waals surface area contributed by atoms with Gasteiger partial charge in [0.25, 0.3) is 0 Å². The molecule has 4 heteroatoms. The van der Waals surface area contributed by atoms with E-state index in [0.29, 0.717) is 5.56 Å². The number of methoxy groups -OCH3 is 1. The Kier molecular flexibility index (Phi) is 5.23. The molecule has 1 heterocycles. The smallest absolute Gasteiger partial charge is 0.146 e. The third-order valence-electron chi connectivity index (χ3n) is 2.97. The molecule has 1 rings (SSSR count). The molecule has 2 unspecified atom stereocenters. The van der Waals surface area contributed by atoms with E-state index >= 15 is 0 Å². The van der Waals surface area contributed by atoms with Gasteiger partial charge in [0.05, 0.1) is 18.3 Å². The SMILES string of the molecule is CCNC(c1ccncc1F)C(OC)C(C)(C)C. The van der Waals surface area contributed by atoms with Gasteiger partial charge in [0, 0.05) is 18.9 Å². The van der Waals surface area contributed by atoms with Crippen molar-refractivity contribution in [2.24, 2.45) is 5.41 Å². The number of hydrogen-bond donors (Lipinski definition) is 1. The van der Waals surface area contributed by atoms with Crippen LogP contribution < -0.4 is 5.32 Å². The highest BCUT2D eigenvalue weighted by Gasteiger charge is 2.34. The number of likely N-dealkylation sites (N-methyl/N-ethyl adjacent to an activating group) is 1. The molecule has 0 spiro atoms. The van der Waals surface area contributed by atoms with Crippen molar-refractivity contribution in [2.75, 3.05) is 13.7 Å². The summed E-state index contributed by atoms with van der Waals surface area (Å²) in [4.78, 5) is 3.79. The molecule has 0 aliphatic rings. The molecule has 1 aromatic heterocycles. The van der Waals surface area contributed by atoms with E-state index in [9.17, 15) is 4.39 Å². The minimum atomic E-state index is -0.297. The van der Waals surface area contributed by atoms with Crippen molar-refractivity contribution in [2.45, 2.75) is 39.8 Å². The van der Waals surface area contributed by atoms with Gasteiger partial charge in [-0.3, -0.25) is 4.98 Å². The van der Waals surface area contributed by atoms with Crippen molar-refractivity contribution in [3.63, 3.8) is 0 Å². The molecule has 0 fully saturated rings. The van der Waals surface area contributed by atoms with E-state index in [-0.39, 0.29) is 23.4 Å². The lowest BCUT2D eigenvalue weighted by Gasteiger charge is -2.36. The predicted octanol–water partition coefficient (Wildman–Crippen LogP) is 2.93. The zero-order valence-electron chi connectivity index (χ0n) is 11.8. The number of rotatable bonds is 5. The molecule has 0 bridgehead atoms. The minimum absolute atomic E-state index is 0.0860. The van der Waals surface area contributed by atoms with E-state index in [0.717, 1.165) is 6.54 Å². The molecule has 18 heavy (non-hydrogen) atoms. The number of hydrogen-bond acceptors (Lipinski definition) is 3. The second kappa shape index (κ2) is 6.25. The molecule has 102 valence electrons. The fraction of sp³-hybridized carbons (Fsp3) is 0.643. The van der Waals surface area contributed by atoms with Gasteiger partial charge in [0.2, 0.25) is 0 Å².